The molecule has 0 bridgehead atoms. The minimum atomic E-state index is 0.176. The van der Waals surface area contributed by atoms with Gasteiger partial charge in [-0.05, 0) is 6.26 Å². The summed E-state index contributed by atoms with van der Waals surface area (Å²) < 4.78 is 0. The second-order valence-corrected chi connectivity index (χ2v) is 3.04. The van der Waals surface area contributed by atoms with Crippen molar-refractivity contribution in [2.75, 3.05) is 19.3 Å². The zero-order valence-corrected chi connectivity index (χ0v) is 7.65. The Hall–Kier alpha value is -0.510. The maximum Gasteiger partial charge on any atom is 0.228 e. The van der Waals surface area contributed by atoms with Gasteiger partial charge in [0.05, 0.1) is 6.54 Å². The number of hydrogen-bond acceptors (Lipinski definition) is 3. The summed E-state index contributed by atoms with van der Waals surface area (Å²) in [6, 6.07) is 0. The van der Waals surface area contributed by atoms with Crippen LogP contribution in [-0.4, -0.2) is 35.3 Å². The molecule has 0 saturated heterocycles. The topological polar surface area (TPSA) is 32.7 Å². The molecule has 0 fully saturated rings. The number of hydrogen-bond donors (Lipinski definition) is 0. The van der Waals surface area contributed by atoms with Crippen LogP contribution in [0.1, 0.15) is 13.3 Å². The summed E-state index contributed by atoms with van der Waals surface area (Å²) in [6.07, 6.45) is 2.51. The number of carbonyl (C=O) groups is 1. The normalized spacial score (nSPS) is 16.9. The molecule has 0 spiro atoms. The van der Waals surface area contributed by atoms with Gasteiger partial charge in [0.15, 0.2) is 5.17 Å². The number of nitrogens with zero attached hydrogens (tertiary/aromatic N) is 2. The van der Waals surface area contributed by atoms with E-state index in [1.165, 1.54) is 11.8 Å². The second-order valence-electron chi connectivity index (χ2n) is 2.27. The van der Waals surface area contributed by atoms with E-state index in [-0.39, 0.29) is 5.91 Å². The standard InChI is InChI=1S/C7H12N2OS/c1-3-6(10)9-5-4-8-7(9)11-2/h3-5H2,1-2H3. The third-order valence-corrected chi connectivity index (χ3v) is 2.30. The van der Waals surface area contributed by atoms with Crippen LogP contribution in [0.15, 0.2) is 4.99 Å². The predicted octanol–water partition coefficient (Wildman–Crippen LogP) is 0.958. The summed E-state index contributed by atoms with van der Waals surface area (Å²) >= 11 is 1.54. The first-order chi connectivity index (χ1) is 5.29. The van der Waals surface area contributed by atoms with Crippen molar-refractivity contribution in [1.82, 2.24) is 4.90 Å². The molecule has 1 rings (SSSR count). The minimum absolute atomic E-state index is 0.176. The molecule has 11 heavy (non-hydrogen) atoms. The molecule has 1 aliphatic heterocycles. The van der Waals surface area contributed by atoms with Gasteiger partial charge in [0.25, 0.3) is 0 Å². The van der Waals surface area contributed by atoms with E-state index >= 15 is 0 Å². The number of rotatable bonds is 1. The molecule has 1 aliphatic rings. The molecule has 0 aromatic carbocycles. The number of aliphatic imine (C=N–C) groups is 1. The van der Waals surface area contributed by atoms with Gasteiger partial charge in [-0.3, -0.25) is 14.7 Å². The lowest BCUT2D eigenvalue weighted by molar-refractivity contribution is -0.126. The summed E-state index contributed by atoms with van der Waals surface area (Å²) in [5.74, 6) is 0.176. The van der Waals surface area contributed by atoms with Crippen molar-refractivity contribution in [3.63, 3.8) is 0 Å². The Morgan fingerprint density at radius 3 is 3.09 bits per heavy atom. The van der Waals surface area contributed by atoms with E-state index < -0.39 is 0 Å². The Morgan fingerprint density at radius 2 is 2.55 bits per heavy atom. The average Bonchev–Trinajstić information content (AvgIpc) is 2.50. The van der Waals surface area contributed by atoms with E-state index in [2.05, 4.69) is 4.99 Å². The van der Waals surface area contributed by atoms with E-state index in [4.69, 9.17) is 0 Å². The zero-order valence-electron chi connectivity index (χ0n) is 6.83. The molecular formula is C7H12N2OS. The van der Waals surface area contributed by atoms with Gasteiger partial charge in [-0.25, -0.2) is 0 Å². The highest BCUT2D eigenvalue weighted by atomic mass is 32.2. The number of amidine groups is 1. The van der Waals surface area contributed by atoms with Crippen molar-refractivity contribution in [3.05, 3.63) is 0 Å². The maximum atomic E-state index is 11.2. The van der Waals surface area contributed by atoms with Crippen LogP contribution in [0.25, 0.3) is 0 Å². The van der Waals surface area contributed by atoms with Crippen molar-refractivity contribution < 1.29 is 4.79 Å². The summed E-state index contributed by atoms with van der Waals surface area (Å²) in [5.41, 5.74) is 0. The van der Waals surface area contributed by atoms with Gasteiger partial charge < -0.3 is 0 Å². The Morgan fingerprint density at radius 1 is 1.82 bits per heavy atom. The second kappa shape index (κ2) is 3.76. The quantitative estimate of drug-likeness (QED) is 0.590. The molecule has 4 heteroatoms. The van der Waals surface area contributed by atoms with Gasteiger partial charge in [0.2, 0.25) is 5.91 Å². The monoisotopic (exact) mass is 172 g/mol. The molecule has 0 unspecified atom stereocenters. The van der Waals surface area contributed by atoms with Gasteiger partial charge in [-0.2, -0.15) is 0 Å². The van der Waals surface area contributed by atoms with Gasteiger partial charge in [0, 0.05) is 13.0 Å². The van der Waals surface area contributed by atoms with Crippen LogP contribution in [0, 0.1) is 0 Å². The lowest BCUT2D eigenvalue weighted by Crippen LogP contribution is -2.31. The first-order valence-corrected chi connectivity index (χ1v) is 4.91. The van der Waals surface area contributed by atoms with Crippen molar-refractivity contribution in [3.8, 4) is 0 Å². The van der Waals surface area contributed by atoms with Gasteiger partial charge in [-0.1, -0.05) is 18.7 Å². The van der Waals surface area contributed by atoms with E-state index in [0.717, 1.165) is 18.3 Å². The van der Waals surface area contributed by atoms with Crippen molar-refractivity contribution in [2.24, 2.45) is 4.99 Å². The van der Waals surface area contributed by atoms with Crippen molar-refractivity contribution >= 4 is 22.8 Å². The molecule has 1 heterocycles. The van der Waals surface area contributed by atoms with Crippen LogP contribution in [0.2, 0.25) is 0 Å². The van der Waals surface area contributed by atoms with E-state index in [0.29, 0.717) is 6.42 Å². The van der Waals surface area contributed by atoms with E-state index in [1.807, 2.05) is 13.2 Å². The number of carbonyl (C=O) groups excluding carboxylic acids is 1. The van der Waals surface area contributed by atoms with Crippen LogP contribution >= 0.6 is 11.8 Å². The summed E-state index contributed by atoms with van der Waals surface area (Å²) in [7, 11) is 0. The smallest absolute Gasteiger partial charge is 0.228 e. The van der Waals surface area contributed by atoms with Crippen LogP contribution in [0.3, 0.4) is 0 Å². The highest BCUT2D eigenvalue weighted by Crippen LogP contribution is 2.11. The van der Waals surface area contributed by atoms with Gasteiger partial charge in [0.1, 0.15) is 0 Å². The summed E-state index contributed by atoms with van der Waals surface area (Å²) in [6.45, 7) is 3.41. The minimum Gasteiger partial charge on any atom is -0.290 e. The molecule has 0 atom stereocenters. The van der Waals surface area contributed by atoms with Crippen LogP contribution in [0.4, 0.5) is 0 Å². The third kappa shape index (κ3) is 1.74. The molecule has 0 aliphatic carbocycles. The highest BCUT2D eigenvalue weighted by molar-refractivity contribution is 8.13. The molecular weight excluding hydrogens is 160 g/mol. The molecule has 0 N–H and O–H groups in total. The number of thioether (sulfide) groups is 1. The Labute approximate surface area is 70.9 Å². The molecule has 0 aromatic heterocycles. The fourth-order valence-electron chi connectivity index (χ4n) is 1.02. The lowest BCUT2D eigenvalue weighted by Gasteiger charge is -2.14. The maximum absolute atomic E-state index is 11.2. The lowest BCUT2D eigenvalue weighted by atomic mass is 10.4. The molecule has 1 amide bonds. The van der Waals surface area contributed by atoms with E-state index in [9.17, 15) is 4.79 Å². The number of amides is 1. The van der Waals surface area contributed by atoms with Crippen molar-refractivity contribution in [1.29, 1.82) is 0 Å². The average molecular weight is 172 g/mol. The fourth-order valence-corrected chi connectivity index (χ4v) is 1.66. The summed E-state index contributed by atoms with van der Waals surface area (Å²) in [5, 5.41) is 0.872. The Bertz CT molecular complexity index is 191. The van der Waals surface area contributed by atoms with Crippen molar-refractivity contribution in [2.45, 2.75) is 13.3 Å². The fraction of sp³-hybridized carbons (Fsp3) is 0.714. The first kappa shape index (κ1) is 8.59. The molecule has 0 aromatic rings. The Balaban J connectivity index is 2.59. The third-order valence-electron chi connectivity index (χ3n) is 1.59. The first-order valence-electron chi connectivity index (χ1n) is 3.68. The van der Waals surface area contributed by atoms with Crippen LogP contribution in [-0.2, 0) is 4.79 Å². The molecule has 3 nitrogen and oxygen atoms in total. The van der Waals surface area contributed by atoms with Crippen LogP contribution in [0.5, 0.6) is 0 Å². The van der Waals surface area contributed by atoms with Gasteiger partial charge >= 0.3 is 0 Å². The Kier molecular flexibility index (Phi) is 2.93. The molecule has 0 radical (unpaired) electrons. The zero-order chi connectivity index (χ0) is 8.27. The summed E-state index contributed by atoms with van der Waals surface area (Å²) in [4.78, 5) is 17.2. The molecule has 62 valence electrons. The van der Waals surface area contributed by atoms with E-state index in [1.54, 1.807) is 4.90 Å². The van der Waals surface area contributed by atoms with Gasteiger partial charge in [-0.15, -0.1) is 0 Å². The predicted molar refractivity (Wildman–Crippen MR) is 47.8 cm³/mol. The molecule has 0 saturated carbocycles. The largest absolute Gasteiger partial charge is 0.290 e. The highest BCUT2D eigenvalue weighted by Gasteiger charge is 2.20. The SMILES string of the molecule is CCC(=O)N1CCN=C1SC. The van der Waals surface area contributed by atoms with Crippen LogP contribution < -0.4 is 0 Å².